The Bertz CT molecular complexity index is 397. The Morgan fingerprint density at radius 3 is 2.94 bits per heavy atom. The molecule has 1 heterocycles. The maximum absolute atomic E-state index is 8.97. The van der Waals surface area contributed by atoms with Gasteiger partial charge in [-0.05, 0) is 38.3 Å². The molecule has 0 aliphatic carbocycles. The fourth-order valence-corrected chi connectivity index (χ4v) is 2.00. The van der Waals surface area contributed by atoms with Gasteiger partial charge in [-0.2, -0.15) is 0 Å². The van der Waals surface area contributed by atoms with Gasteiger partial charge in [0.1, 0.15) is 0 Å². The van der Waals surface area contributed by atoms with Crippen LogP contribution in [0.4, 0.5) is 0 Å². The summed E-state index contributed by atoms with van der Waals surface area (Å²) in [5, 5.41) is 8.97. The highest BCUT2D eigenvalue weighted by molar-refractivity contribution is 5.21. The maximum atomic E-state index is 8.97. The quantitative estimate of drug-likeness (QED) is 0.457. The number of hydrogen-bond donors (Lipinski definition) is 1. The molecule has 0 saturated heterocycles. The monoisotopic (exact) mass is 245 g/mol. The van der Waals surface area contributed by atoms with E-state index in [1.54, 1.807) is 0 Å². The van der Waals surface area contributed by atoms with E-state index in [9.17, 15) is 0 Å². The minimum atomic E-state index is 0.242. The third-order valence-electron chi connectivity index (χ3n) is 2.97. The molecule has 98 valence electrons. The Morgan fingerprint density at radius 2 is 2.33 bits per heavy atom. The van der Waals surface area contributed by atoms with Crippen molar-refractivity contribution in [2.24, 2.45) is 0 Å². The van der Waals surface area contributed by atoms with Crippen molar-refractivity contribution in [3.63, 3.8) is 0 Å². The van der Waals surface area contributed by atoms with Crippen molar-refractivity contribution in [2.45, 2.75) is 26.2 Å². The standard InChI is InChI=1S/C16H23NO/c1-4-16(8-7-14(2)3)17-11-5-6-15(9-12-17)10-13-18/h4,6-7,18H,1-2,5,9-13H2,3H3. The zero-order valence-electron chi connectivity index (χ0n) is 11.3. The van der Waals surface area contributed by atoms with Crippen LogP contribution in [0, 0.1) is 0 Å². The van der Waals surface area contributed by atoms with E-state index in [1.807, 2.05) is 19.1 Å². The zero-order chi connectivity index (χ0) is 13.4. The highest BCUT2D eigenvalue weighted by atomic mass is 16.2. The van der Waals surface area contributed by atoms with Crippen LogP contribution >= 0.6 is 0 Å². The molecule has 0 fully saturated rings. The molecular formula is C16H23NO. The summed E-state index contributed by atoms with van der Waals surface area (Å²) in [5.41, 5.74) is 6.61. The van der Waals surface area contributed by atoms with Gasteiger partial charge in [0.2, 0.25) is 0 Å². The fraction of sp³-hybridized carbons (Fsp3) is 0.438. The smallest absolute Gasteiger partial charge is 0.0793 e. The van der Waals surface area contributed by atoms with Crippen molar-refractivity contribution in [2.75, 3.05) is 19.7 Å². The summed E-state index contributed by atoms with van der Waals surface area (Å²) in [5.74, 6) is 0. The first kappa shape index (κ1) is 14.6. The molecule has 0 radical (unpaired) electrons. The Labute approximate surface area is 110 Å². The van der Waals surface area contributed by atoms with Crippen LogP contribution in [0.5, 0.6) is 0 Å². The van der Waals surface area contributed by atoms with Crippen molar-refractivity contribution in [3.8, 4) is 0 Å². The lowest BCUT2D eigenvalue weighted by atomic mass is 10.1. The Hall–Kier alpha value is -1.50. The van der Waals surface area contributed by atoms with Crippen LogP contribution in [0.3, 0.4) is 0 Å². The minimum absolute atomic E-state index is 0.242. The van der Waals surface area contributed by atoms with Gasteiger partial charge in [0.05, 0.1) is 5.70 Å². The van der Waals surface area contributed by atoms with Crippen molar-refractivity contribution < 1.29 is 5.11 Å². The molecular weight excluding hydrogens is 222 g/mol. The molecule has 0 aromatic rings. The molecule has 1 aliphatic rings. The predicted molar refractivity (Wildman–Crippen MR) is 77.2 cm³/mol. The van der Waals surface area contributed by atoms with Crippen LogP contribution in [0.25, 0.3) is 0 Å². The molecule has 1 aliphatic heterocycles. The van der Waals surface area contributed by atoms with Gasteiger partial charge in [-0.15, -0.1) is 0 Å². The first-order valence-corrected chi connectivity index (χ1v) is 6.45. The molecule has 1 rings (SSSR count). The van der Waals surface area contributed by atoms with Crippen LogP contribution in [0.1, 0.15) is 26.2 Å². The number of aliphatic hydroxyl groups is 1. The molecule has 0 atom stereocenters. The molecule has 2 nitrogen and oxygen atoms in total. The van der Waals surface area contributed by atoms with E-state index in [4.69, 9.17) is 5.11 Å². The average Bonchev–Trinajstić information content (AvgIpc) is 2.56. The SMILES string of the molecule is C=CC(=C=CC(=C)C)N1CCC=C(CCO)CC1. The second kappa shape index (κ2) is 7.75. The van der Waals surface area contributed by atoms with E-state index < -0.39 is 0 Å². The Balaban J connectivity index is 2.72. The van der Waals surface area contributed by atoms with E-state index in [-0.39, 0.29) is 6.61 Å². The summed E-state index contributed by atoms with van der Waals surface area (Å²) >= 11 is 0. The van der Waals surface area contributed by atoms with Gasteiger partial charge >= 0.3 is 0 Å². The normalized spacial score (nSPS) is 15.2. The van der Waals surface area contributed by atoms with Gasteiger partial charge in [0.15, 0.2) is 0 Å². The van der Waals surface area contributed by atoms with Crippen molar-refractivity contribution in [3.05, 3.63) is 54.0 Å². The van der Waals surface area contributed by atoms with E-state index >= 15 is 0 Å². The van der Waals surface area contributed by atoms with Gasteiger partial charge in [0, 0.05) is 19.7 Å². The Kier molecular flexibility index (Phi) is 6.27. The molecule has 1 N–H and O–H groups in total. The summed E-state index contributed by atoms with van der Waals surface area (Å²) in [6.45, 7) is 11.8. The van der Waals surface area contributed by atoms with Gasteiger partial charge in [0.25, 0.3) is 0 Å². The minimum Gasteiger partial charge on any atom is -0.396 e. The van der Waals surface area contributed by atoms with E-state index in [0.29, 0.717) is 0 Å². The molecule has 2 heteroatoms. The average molecular weight is 245 g/mol. The summed E-state index contributed by atoms with van der Waals surface area (Å²) in [6.07, 6.45) is 8.80. The van der Waals surface area contributed by atoms with Crippen molar-refractivity contribution in [1.29, 1.82) is 0 Å². The van der Waals surface area contributed by atoms with Gasteiger partial charge in [-0.1, -0.05) is 36.1 Å². The van der Waals surface area contributed by atoms with Crippen LogP contribution in [-0.4, -0.2) is 29.7 Å². The number of allylic oxidation sites excluding steroid dienone is 2. The lowest BCUT2D eigenvalue weighted by Crippen LogP contribution is -2.23. The topological polar surface area (TPSA) is 23.5 Å². The van der Waals surface area contributed by atoms with Crippen molar-refractivity contribution in [1.82, 2.24) is 4.90 Å². The molecule has 0 aromatic carbocycles. The molecule has 0 aromatic heterocycles. The molecule has 0 saturated carbocycles. The number of hydrogen-bond acceptors (Lipinski definition) is 2. The first-order valence-electron chi connectivity index (χ1n) is 6.45. The number of nitrogens with zero attached hydrogens (tertiary/aromatic N) is 1. The fourth-order valence-electron chi connectivity index (χ4n) is 2.00. The van der Waals surface area contributed by atoms with Crippen molar-refractivity contribution >= 4 is 0 Å². The van der Waals surface area contributed by atoms with Crippen LogP contribution in [0.15, 0.2) is 54.0 Å². The van der Waals surface area contributed by atoms with Crippen LogP contribution < -0.4 is 0 Å². The summed E-state index contributed by atoms with van der Waals surface area (Å²) in [7, 11) is 0. The third-order valence-corrected chi connectivity index (χ3v) is 2.97. The molecule has 0 bridgehead atoms. The lowest BCUT2D eigenvalue weighted by molar-refractivity contribution is 0.296. The van der Waals surface area contributed by atoms with Gasteiger partial charge < -0.3 is 10.0 Å². The number of aliphatic hydroxyl groups excluding tert-OH is 1. The lowest BCUT2D eigenvalue weighted by Gasteiger charge is -2.22. The zero-order valence-corrected chi connectivity index (χ0v) is 11.3. The molecule has 0 unspecified atom stereocenters. The predicted octanol–water partition coefficient (Wildman–Crippen LogP) is 3.19. The molecule has 0 amide bonds. The highest BCUT2D eigenvalue weighted by Gasteiger charge is 2.10. The summed E-state index contributed by atoms with van der Waals surface area (Å²) in [6, 6.07) is 0. The van der Waals surface area contributed by atoms with Crippen LogP contribution in [0.2, 0.25) is 0 Å². The molecule has 18 heavy (non-hydrogen) atoms. The molecule has 0 spiro atoms. The Morgan fingerprint density at radius 1 is 1.56 bits per heavy atom. The number of rotatable bonds is 5. The van der Waals surface area contributed by atoms with E-state index in [2.05, 4.69) is 29.9 Å². The first-order chi connectivity index (χ1) is 8.67. The van der Waals surface area contributed by atoms with Crippen LogP contribution in [-0.2, 0) is 0 Å². The summed E-state index contributed by atoms with van der Waals surface area (Å²) in [4.78, 5) is 2.29. The second-order valence-electron chi connectivity index (χ2n) is 4.59. The third kappa shape index (κ3) is 4.79. The van der Waals surface area contributed by atoms with Gasteiger partial charge in [-0.25, -0.2) is 0 Å². The van der Waals surface area contributed by atoms with E-state index in [1.165, 1.54) is 5.57 Å². The highest BCUT2D eigenvalue weighted by Crippen LogP contribution is 2.17. The van der Waals surface area contributed by atoms with E-state index in [0.717, 1.165) is 43.6 Å². The van der Waals surface area contributed by atoms with Gasteiger partial charge in [-0.3, -0.25) is 0 Å². The maximum Gasteiger partial charge on any atom is 0.0793 e. The summed E-state index contributed by atoms with van der Waals surface area (Å²) < 4.78 is 0. The largest absolute Gasteiger partial charge is 0.396 e. The second-order valence-corrected chi connectivity index (χ2v) is 4.59.